The molecule has 1 heterocycles. The number of aryl methyl sites for hydroxylation is 1. The molecule has 1 aromatic heterocycles. The van der Waals surface area contributed by atoms with Gasteiger partial charge in [0.2, 0.25) is 5.88 Å². The lowest BCUT2D eigenvalue weighted by Gasteiger charge is -2.23. The van der Waals surface area contributed by atoms with Crippen LogP contribution in [0.3, 0.4) is 0 Å². The van der Waals surface area contributed by atoms with E-state index in [1.54, 1.807) is 6.07 Å². The van der Waals surface area contributed by atoms with Gasteiger partial charge in [-0.15, -0.1) is 0 Å². The van der Waals surface area contributed by atoms with Gasteiger partial charge in [-0.3, -0.25) is 0 Å². The van der Waals surface area contributed by atoms with Gasteiger partial charge in [0.15, 0.2) is 0 Å². The summed E-state index contributed by atoms with van der Waals surface area (Å²) in [5, 5.41) is 0.373. The lowest BCUT2D eigenvalue weighted by molar-refractivity contribution is 0.438. The number of halogens is 1. The van der Waals surface area contributed by atoms with Crippen molar-refractivity contribution < 1.29 is 4.74 Å². The Morgan fingerprint density at radius 3 is 2.50 bits per heavy atom. The first kappa shape index (κ1) is 14.8. The number of hydrogen-bond donors (Lipinski definition) is 0. The molecule has 0 aliphatic carbocycles. The van der Waals surface area contributed by atoms with Gasteiger partial charge in [-0.2, -0.15) is 0 Å². The van der Waals surface area contributed by atoms with Gasteiger partial charge in [-0.05, 0) is 23.5 Å². The number of hydrogen-bond acceptors (Lipinski definition) is 3. The number of nitrogens with zero attached hydrogens (tertiary/aromatic N) is 2. The largest absolute Gasteiger partial charge is 0.439 e. The summed E-state index contributed by atoms with van der Waals surface area (Å²) in [6.45, 7) is 8.65. The highest BCUT2D eigenvalue weighted by Gasteiger charge is 2.20. The molecule has 0 atom stereocenters. The Kier molecular flexibility index (Phi) is 4.29. The van der Waals surface area contributed by atoms with E-state index in [9.17, 15) is 0 Å². The number of aromatic nitrogens is 2. The van der Waals surface area contributed by atoms with Crippen molar-refractivity contribution in [3.05, 3.63) is 46.9 Å². The molecule has 0 radical (unpaired) electrons. The lowest BCUT2D eigenvalue weighted by atomic mass is 9.85. The predicted octanol–water partition coefficient (Wildman–Crippen LogP) is 4.78. The van der Waals surface area contributed by atoms with Crippen LogP contribution in [0.4, 0.5) is 0 Å². The molecule has 0 saturated carbocycles. The van der Waals surface area contributed by atoms with Crippen LogP contribution in [0.5, 0.6) is 11.6 Å². The van der Waals surface area contributed by atoms with E-state index >= 15 is 0 Å². The molecule has 0 saturated heterocycles. The highest BCUT2D eigenvalue weighted by Crippen LogP contribution is 2.34. The third-order valence-corrected chi connectivity index (χ3v) is 3.29. The van der Waals surface area contributed by atoms with E-state index in [4.69, 9.17) is 16.3 Å². The average Bonchev–Trinajstić information content (AvgIpc) is 2.38. The fourth-order valence-electron chi connectivity index (χ4n) is 1.96. The molecule has 4 heteroatoms. The highest BCUT2D eigenvalue weighted by atomic mass is 35.5. The minimum Gasteiger partial charge on any atom is -0.439 e. The van der Waals surface area contributed by atoms with E-state index in [-0.39, 0.29) is 5.41 Å². The van der Waals surface area contributed by atoms with E-state index in [0.29, 0.717) is 11.0 Å². The molecule has 0 fully saturated rings. The minimum atomic E-state index is -0.00264. The van der Waals surface area contributed by atoms with Crippen LogP contribution in [0, 0.1) is 0 Å². The summed E-state index contributed by atoms with van der Waals surface area (Å²) in [5.41, 5.74) is 2.45. The molecule has 1 aromatic carbocycles. The van der Waals surface area contributed by atoms with Gasteiger partial charge >= 0.3 is 0 Å². The van der Waals surface area contributed by atoms with Crippen molar-refractivity contribution in [1.82, 2.24) is 9.97 Å². The van der Waals surface area contributed by atoms with Crippen LogP contribution in [0.15, 0.2) is 30.6 Å². The van der Waals surface area contributed by atoms with E-state index < -0.39 is 0 Å². The maximum atomic E-state index is 5.88. The topological polar surface area (TPSA) is 35.0 Å². The Balaban J connectivity index is 2.41. The average molecular weight is 291 g/mol. The van der Waals surface area contributed by atoms with Gasteiger partial charge in [0.05, 0.1) is 0 Å². The van der Waals surface area contributed by atoms with Crippen molar-refractivity contribution in [2.75, 3.05) is 0 Å². The quantitative estimate of drug-likeness (QED) is 0.763. The fraction of sp³-hybridized carbons (Fsp3) is 0.375. The van der Waals surface area contributed by atoms with Crippen molar-refractivity contribution in [3.8, 4) is 11.6 Å². The van der Waals surface area contributed by atoms with Crippen LogP contribution in [0.25, 0.3) is 0 Å². The Morgan fingerprint density at radius 1 is 1.15 bits per heavy atom. The third-order valence-electron chi connectivity index (χ3n) is 3.08. The van der Waals surface area contributed by atoms with Gasteiger partial charge in [0, 0.05) is 11.6 Å². The second kappa shape index (κ2) is 5.80. The van der Waals surface area contributed by atoms with Crippen LogP contribution in [-0.4, -0.2) is 9.97 Å². The second-order valence-corrected chi connectivity index (χ2v) is 6.10. The Morgan fingerprint density at radius 2 is 1.90 bits per heavy atom. The lowest BCUT2D eigenvalue weighted by Crippen LogP contribution is -2.13. The predicted molar refractivity (Wildman–Crippen MR) is 81.6 cm³/mol. The van der Waals surface area contributed by atoms with Crippen LogP contribution in [0.1, 0.15) is 38.8 Å². The molecule has 2 rings (SSSR count). The first-order chi connectivity index (χ1) is 9.40. The van der Waals surface area contributed by atoms with Gasteiger partial charge in [-0.1, -0.05) is 51.4 Å². The molecule has 0 amide bonds. The molecule has 0 spiro atoms. The van der Waals surface area contributed by atoms with Crippen LogP contribution >= 0.6 is 11.6 Å². The zero-order valence-corrected chi connectivity index (χ0v) is 13.0. The van der Waals surface area contributed by atoms with Crippen molar-refractivity contribution in [3.63, 3.8) is 0 Å². The van der Waals surface area contributed by atoms with Crippen LogP contribution in [-0.2, 0) is 11.8 Å². The number of ether oxygens (including phenoxy) is 1. The molecule has 106 valence electrons. The van der Waals surface area contributed by atoms with E-state index in [1.807, 2.05) is 6.07 Å². The SMILES string of the molecule is CCc1ccc(Oc2cc(Cl)ncn2)c(C(C)(C)C)c1. The second-order valence-electron chi connectivity index (χ2n) is 5.72. The number of rotatable bonds is 3. The highest BCUT2D eigenvalue weighted by molar-refractivity contribution is 6.29. The molecule has 0 aliphatic rings. The first-order valence-corrected chi connectivity index (χ1v) is 7.06. The molecule has 0 unspecified atom stereocenters. The van der Waals surface area contributed by atoms with Crippen LogP contribution in [0.2, 0.25) is 5.15 Å². The van der Waals surface area contributed by atoms with Gasteiger partial charge in [0.25, 0.3) is 0 Å². The maximum Gasteiger partial charge on any atom is 0.223 e. The molecule has 20 heavy (non-hydrogen) atoms. The summed E-state index contributed by atoms with van der Waals surface area (Å²) in [4.78, 5) is 7.94. The smallest absolute Gasteiger partial charge is 0.223 e. The standard InChI is InChI=1S/C16H19ClN2O/c1-5-11-6-7-13(12(8-11)16(2,3)4)20-15-9-14(17)18-10-19-15/h6-10H,5H2,1-4H3. The Labute approximate surface area is 125 Å². The van der Waals surface area contributed by atoms with Crippen LogP contribution < -0.4 is 4.74 Å². The summed E-state index contributed by atoms with van der Waals surface area (Å²) in [7, 11) is 0. The van der Waals surface area contributed by atoms with E-state index in [2.05, 4.69) is 49.8 Å². The molecule has 0 bridgehead atoms. The Hall–Kier alpha value is -1.61. The summed E-state index contributed by atoms with van der Waals surface area (Å²) in [5.74, 6) is 1.27. The molecule has 3 nitrogen and oxygen atoms in total. The van der Waals surface area contributed by atoms with Crippen molar-refractivity contribution in [2.45, 2.75) is 39.5 Å². The molecular weight excluding hydrogens is 272 g/mol. The summed E-state index contributed by atoms with van der Waals surface area (Å²) in [6, 6.07) is 7.88. The molecule has 2 aromatic rings. The van der Waals surface area contributed by atoms with Gasteiger partial charge < -0.3 is 4.74 Å². The van der Waals surface area contributed by atoms with Crippen molar-refractivity contribution in [1.29, 1.82) is 0 Å². The maximum absolute atomic E-state index is 5.88. The third kappa shape index (κ3) is 3.48. The normalized spacial score (nSPS) is 11.4. The monoisotopic (exact) mass is 290 g/mol. The first-order valence-electron chi connectivity index (χ1n) is 6.69. The molecular formula is C16H19ClN2O. The van der Waals surface area contributed by atoms with Crippen molar-refractivity contribution >= 4 is 11.6 Å². The molecule has 0 N–H and O–H groups in total. The van der Waals surface area contributed by atoms with Crippen molar-refractivity contribution in [2.24, 2.45) is 0 Å². The molecule has 0 aliphatic heterocycles. The van der Waals surface area contributed by atoms with E-state index in [0.717, 1.165) is 17.7 Å². The summed E-state index contributed by atoms with van der Waals surface area (Å²) >= 11 is 5.86. The zero-order chi connectivity index (χ0) is 14.8. The van der Waals surface area contributed by atoms with Gasteiger partial charge in [0.1, 0.15) is 17.2 Å². The van der Waals surface area contributed by atoms with E-state index in [1.165, 1.54) is 11.9 Å². The number of benzene rings is 1. The summed E-state index contributed by atoms with van der Waals surface area (Å²) < 4.78 is 5.88. The zero-order valence-electron chi connectivity index (χ0n) is 12.3. The van der Waals surface area contributed by atoms with Gasteiger partial charge in [-0.25, -0.2) is 9.97 Å². The minimum absolute atomic E-state index is 0.00264. The summed E-state index contributed by atoms with van der Waals surface area (Å²) in [6.07, 6.45) is 2.40. The Bertz CT molecular complexity index is 606. The fourth-order valence-corrected chi connectivity index (χ4v) is 2.09.